The summed E-state index contributed by atoms with van der Waals surface area (Å²) in [6, 6.07) is 8.01. The van der Waals surface area contributed by atoms with E-state index >= 15 is 0 Å². The van der Waals surface area contributed by atoms with E-state index in [1.165, 1.54) is 24.3 Å². The summed E-state index contributed by atoms with van der Waals surface area (Å²) in [5.41, 5.74) is 0.379. The van der Waals surface area contributed by atoms with Gasteiger partial charge in [0.15, 0.2) is 5.78 Å². The predicted octanol–water partition coefficient (Wildman–Crippen LogP) is 3.30. The summed E-state index contributed by atoms with van der Waals surface area (Å²) in [5, 5.41) is 10.5. The van der Waals surface area contributed by atoms with E-state index in [4.69, 9.17) is 0 Å². The predicted molar refractivity (Wildman–Crippen MR) is 67.5 cm³/mol. The third-order valence-electron chi connectivity index (χ3n) is 2.70. The van der Waals surface area contributed by atoms with Gasteiger partial charge in [-0.2, -0.15) is 0 Å². The smallest absolute Gasteiger partial charge is 0.269 e. The first-order valence-corrected chi connectivity index (χ1v) is 5.68. The number of hydrogen-bond donors (Lipinski definition) is 0. The second kappa shape index (κ2) is 5.56. The summed E-state index contributed by atoms with van der Waals surface area (Å²) in [6.45, 7) is 0. The van der Waals surface area contributed by atoms with Crippen molar-refractivity contribution in [2.45, 2.75) is 6.42 Å². The van der Waals surface area contributed by atoms with Crippen LogP contribution in [-0.4, -0.2) is 10.7 Å². The monoisotopic (exact) mass is 277 g/mol. The van der Waals surface area contributed by atoms with Crippen molar-refractivity contribution < 1.29 is 18.5 Å². The lowest BCUT2D eigenvalue weighted by Crippen LogP contribution is -2.04. The molecular weight excluding hydrogens is 268 g/mol. The fraction of sp³-hybridized carbons (Fsp3) is 0.0714. The lowest BCUT2D eigenvalue weighted by molar-refractivity contribution is -0.384. The highest BCUT2D eigenvalue weighted by molar-refractivity contribution is 5.97. The molecule has 0 aliphatic rings. The van der Waals surface area contributed by atoms with E-state index in [2.05, 4.69) is 0 Å². The number of benzene rings is 2. The van der Waals surface area contributed by atoms with Gasteiger partial charge in [-0.1, -0.05) is 12.1 Å². The van der Waals surface area contributed by atoms with Crippen LogP contribution in [0.15, 0.2) is 42.5 Å². The molecule has 0 heterocycles. The van der Waals surface area contributed by atoms with Gasteiger partial charge in [-0.05, 0) is 17.7 Å². The lowest BCUT2D eigenvalue weighted by atomic mass is 10.0. The highest BCUT2D eigenvalue weighted by Crippen LogP contribution is 2.15. The second-order valence-corrected chi connectivity index (χ2v) is 4.18. The van der Waals surface area contributed by atoms with Crippen molar-refractivity contribution in [3.63, 3.8) is 0 Å². The number of Topliss-reactive ketones (excluding diaryl/α,β-unsaturated/α-hetero) is 1. The van der Waals surface area contributed by atoms with Crippen LogP contribution < -0.4 is 0 Å². The molecule has 0 saturated heterocycles. The van der Waals surface area contributed by atoms with Gasteiger partial charge in [0.25, 0.3) is 5.69 Å². The van der Waals surface area contributed by atoms with E-state index in [-0.39, 0.29) is 17.7 Å². The van der Waals surface area contributed by atoms with Gasteiger partial charge in [0.2, 0.25) is 0 Å². The highest BCUT2D eigenvalue weighted by atomic mass is 19.1. The van der Waals surface area contributed by atoms with Gasteiger partial charge in [0, 0.05) is 30.2 Å². The summed E-state index contributed by atoms with van der Waals surface area (Å²) in [6.07, 6.45) is -0.0825. The Labute approximate surface area is 112 Å². The minimum atomic E-state index is -0.822. The van der Waals surface area contributed by atoms with Crippen molar-refractivity contribution in [2.24, 2.45) is 0 Å². The van der Waals surface area contributed by atoms with Gasteiger partial charge < -0.3 is 0 Å². The minimum absolute atomic E-state index is 0.0687. The Balaban J connectivity index is 2.16. The fourth-order valence-corrected chi connectivity index (χ4v) is 1.74. The molecule has 0 radical (unpaired) electrons. The quantitative estimate of drug-likeness (QED) is 0.489. The Bertz CT molecular complexity index is 648. The SMILES string of the molecule is O=C(Cc1ccc([N+](=O)[O-])cc1)c1cc(F)cc(F)c1. The second-order valence-electron chi connectivity index (χ2n) is 4.18. The standard InChI is InChI=1S/C14H9F2NO3/c15-11-6-10(7-12(16)8-11)14(18)5-9-1-3-13(4-2-9)17(19)20/h1-4,6-8H,5H2. The van der Waals surface area contributed by atoms with E-state index in [9.17, 15) is 23.7 Å². The molecule has 4 nitrogen and oxygen atoms in total. The molecule has 0 aliphatic heterocycles. The zero-order valence-electron chi connectivity index (χ0n) is 10.2. The van der Waals surface area contributed by atoms with Crippen LogP contribution >= 0.6 is 0 Å². The van der Waals surface area contributed by atoms with Crippen molar-refractivity contribution in [3.05, 3.63) is 75.3 Å². The topological polar surface area (TPSA) is 60.2 Å². The Morgan fingerprint density at radius 3 is 2.10 bits per heavy atom. The molecule has 20 heavy (non-hydrogen) atoms. The summed E-state index contributed by atoms with van der Waals surface area (Å²) in [7, 11) is 0. The molecule has 0 spiro atoms. The number of rotatable bonds is 4. The Hall–Kier alpha value is -2.63. The van der Waals surface area contributed by atoms with E-state index in [1.807, 2.05) is 0 Å². The first-order chi connectivity index (χ1) is 9.45. The number of ketones is 1. The Kier molecular flexibility index (Phi) is 3.84. The minimum Gasteiger partial charge on any atom is -0.294 e. The summed E-state index contributed by atoms with van der Waals surface area (Å²) < 4.78 is 26.0. The molecule has 0 atom stereocenters. The summed E-state index contributed by atoms with van der Waals surface area (Å²) in [4.78, 5) is 21.8. The number of carbonyl (C=O) groups excluding carboxylic acids is 1. The highest BCUT2D eigenvalue weighted by Gasteiger charge is 2.11. The van der Waals surface area contributed by atoms with Crippen molar-refractivity contribution in [2.75, 3.05) is 0 Å². The van der Waals surface area contributed by atoms with Crippen LogP contribution in [0.1, 0.15) is 15.9 Å². The average Bonchev–Trinajstić information content (AvgIpc) is 2.38. The Morgan fingerprint density at radius 2 is 1.60 bits per heavy atom. The summed E-state index contributed by atoms with van der Waals surface area (Å²) >= 11 is 0. The lowest BCUT2D eigenvalue weighted by Gasteiger charge is -2.02. The maximum atomic E-state index is 13.0. The number of nitro benzene ring substituents is 1. The third-order valence-corrected chi connectivity index (χ3v) is 2.70. The Morgan fingerprint density at radius 1 is 1.05 bits per heavy atom. The number of nitrogens with zero attached hydrogens (tertiary/aromatic N) is 1. The first kappa shape index (κ1) is 13.8. The molecule has 0 saturated carbocycles. The van der Waals surface area contributed by atoms with E-state index in [0.29, 0.717) is 11.6 Å². The molecule has 0 aromatic heterocycles. The van der Waals surface area contributed by atoms with Crippen molar-refractivity contribution in [1.29, 1.82) is 0 Å². The van der Waals surface area contributed by atoms with Crippen LogP contribution in [0.2, 0.25) is 0 Å². The number of carbonyl (C=O) groups is 1. The van der Waals surface area contributed by atoms with Crippen molar-refractivity contribution in [1.82, 2.24) is 0 Å². The maximum Gasteiger partial charge on any atom is 0.269 e. The summed E-state index contributed by atoms with van der Waals surface area (Å²) in [5.74, 6) is -2.11. The van der Waals surface area contributed by atoms with Crippen LogP contribution in [-0.2, 0) is 6.42 Å². The maximum absolute atomic E-state index is 13.0. The number of nitro groups is 1. The molecule has 0 bridgehead atoms. The van der Waals surface area contributed by atoms with Gasteiger partial charge in [-0.15, -0.1) is 0 Å². The van der Waals surface area contributed by atoms with E-state index in [1.54, 1.807) is 0 Å². The fourth-order valence-electron chi connectivity index (χ4n) is 1.74. The van der Waals surface area contributed by atoms with Crippen molar-refractivity contribution in [3.8, 4) is 0 Å². The van der Waals surface area contributed by atoms with Crippen LogP contribution in [0.25, 0.3) is 0 Å². The number of hydrogen-bond acceptors (Lipinski definition) is 3. The molecule has 2 aromatic rings. The zero-order valence-corrected chi connectivity index (χ0v) is 10.2. The van der Waals surface area contributed by atoms with Crippen LogP contribution in [0, 0.1) is 21.7 Å². The van der Waals surface area contributed by atoms with E-state index in [0.717, 1.165) is 12.1 Å². The molecule has 0 fully saturated rings. The van der Waals surface area contributed by atoms with Crippen LogP contribution in [0.5, 0.6) is 0 Å². The average molecular weight is 277 g/mol. The first-order valence-electron chi connectivity index (χ1n) is 5.68. The normalized spacial score (nSPS) is 10.3. The molecule has 2 rings (SSSR count). The molecule has 0 amide bonds. The molecule has 102 valence electrons. The molecule has 6 heteroatoms. The van der Waals surface area contributed by atoms with Crippen LogP contribution in [0.4, 0.5) is 14.5 Å². The van der Waals surface area contributed by atoms with Gasteiger partial charge in [0.05, 0.1) is 4.92 Å². The van der Waals surface area contributed by atoms with Gasteiger partial charge in [0.1, 0.15) is 11.6 Å². The van der Waals surface area contributed by atoms with Gasteiger partial charge in [-0.3, -0.25) is 14.9 Å². The molecular formula is C14H9F2NO3. The zero-order chi connectivity index (χ0) is 14.7. The molecule has 0 unspecified atom stereocenters. The van der Waals surface area contributed by atoms with Gasteiger partial charge >= 0.3 is 0 Å². The van der Waals surface area contributed by atoms with Crippen LogP contribution in [0.3, 0.4) is 0 Å². The van der Waals surface area contributed by atoms with Crippen molar-refractivity contribution >= 4 is 11.5 Å². The molecule has 0 aliphatic carbocycles. The molecule has 0 N–H and O–H groups in total. The van der Waals surface area contributed by atoms with Gasteiger partial charge in [-0.25, -0.2) is 8.78 Å². The largest absolute Gasteiger partial charge is 0.294 e. The number of non-ortho nitro benzene ring substituents is 1. The van der Waals surface area contributed by atoms with E-state index < -0.39 is 22.3 Å². The molecule has 2 aromatic carbocycles. The third kappa shape index (κ3) is 3.23. The number of halogens is 2.